The van der Waals surface area contributed by atoms with Gasteiger partial charge in [-0.1, -0.05) is 19.1 Å². The van der Waals surface area contributed by atoms with Crippen LogP contribution in [0.3, 0.4) is 0 Å². The molecule has 0 aliphatic carbocycles. The molecule has 2 amide bonds. The highest BCUT2D eigenvalue weighted by Crippen LogP contribution is 2.17. The maximum atomic E-state index is 12.1. The summed E-state index contributed by atoms with van der Waals surface area (Å²) >= 11 is 0. The van der Waals surface area contributed by atoms with E-state index in [1.807, 2.05) is 18.2 Å². The minimum Gasteiger partial charge on any atom is -0.308 e. The number of piperidine rings is 1. The van der Waals surface area contributed by atoms with E-state index in [9.17, 15) is 4.79 Å². The highest BCUT2D eigenvalue weighted by atomic mass is 16.2. The van der Waals surface area contributed by atoms with Crippen LogP contribution in [0.5, 0.6) is 0 Å². The van der Waals surface area contributed by atoms with Crippen LogP contribution in [0.1, 0.15) is 25.3 Å². The van der Waals surface area contributed by atoms with Gasteiger partial charge in [0.05, 0.1) is 11.9 Å². The molecule has 0 saturated carbocycles. The topological polar surface area (TPSA) is 57.3 Å². The predicted octanol–water partition coefficient (Wildman–Crippen LogP) is 4.00. The Labute approximate surface area is 149 Å². The summed E-state index contributed by atoms with van der Waals surface area (Å²) in [6.07, 6.45) is 6.91. The van der Waals surface area contributed by atoms with Gasteiger partial charge in [0, 0.05) is 18.4 Å². The smallest absolute Gasteiger partial charge is 0.308 e. The fourth-order valence-electron chi connectivity index (χ4n) is 3.11. The van der Waals surface area contributed by atoms with E-state index in [1.165, 1.54) is 31.5 Å². The molecule has 25 heavy (non-hydrogen) atoms. The molecule has 1 aromatic heterocycles. The molecule has 132 valence electrons. The maximum Gasteiger partial charge on any atom is 0.323 e. The normalized spacial score (nSPS) is 15.7. The first kappa shape index (κ1) is 17.4. The second-order valence-electron chi connectivity index (χ2n) is 6.80. The number of anilines is 2. The van der Waals surface area contributed by atoms with Gasteiger partial charge >= 0.3 is 6.03 Å². The number of hydrogen-bond donors (Lipinski definition) is 2. The number of carbonyl (C=O) groups is 1. The molecule has 0 unspecified atom stereocenters. The molecule has 5 heteroatoms. The molecule has 3 rings (SSSR count). The number of pyridine rings is 1. The number of rotatable bonds is 5. The fraction of sp³-hybridized carbons (Fsp3) is 0.400. The van der Waals surface area contributed by atoms with Gasteiger partial charge in [0.1, 0.15) is 0 Å². The van der Waals surface area contributed by atoms with Crippen molar-refractivity contribution in [1.82, 2.24) is 9.88 Å². The zero-order chi connectivity index (χ0) is 17.5. The summed E-state index contributed by atoms with van der Waals surface area (Å²) in [5.74, 6) is 0.863. The van der Waals surface area contributed by atoms with Gasteiger partial charge in [-0.25, -0.2) is 4.79 Å². The van der Waals surface area contributed by atoms with Gasteiger partial charge in [-0.2, -0.15) is 0 Å². The van der Waals surface area contributed by atoms with Crippen molar-refractivity contribution in [3.8, 4) is 0 Å². The number of amides is 2. The third-order valence-corrected chi connectivity index (χ3v) is 4.70. The molecule has 5 nitrogen and oxygen atoms in total. The highest BCUT2D eigenvalue weighted by Gasteiger charge is 2.15. The SMILES string of the molecule is CC1CCN(CCc2cccc(NC(=O)Nc3cccnc3)c2)CC1. The molecule has 1 fully saturated rings. The first-order valence-corrected chi connectivity index (χ1v) is 8.98. The summed E-state index contributed by atoms with van der Waals surface area (Å²) in [6.45, 7) is 5.82. The number of nitrogens with zero attached hydrogens (tertiary/aromatic N) is 2. The van der Waals surface area contributed by atoms with Crippen LogP contribution in [0.2, 0.25) is 0 Å². The van der Waals surface area contributed by atoms with Crippen molar-refractivity contribution in [2.24, 2.45) is 5.92 Å². The predicted molar refractivity (Wildman–Crippen MR) is 102 cm³/mol. The third kappa shape index (κ3) is 5.57. The Morgan fingerprint density at radius 3 is 2.68 bits per heavy atom. The maximum absolute atomic E-state index is 12.1. The summed E-state index contributed by atoms with van der Waals surface area (Å²) < 4.78 is 0. The second kappa shape index (κ2) is 8.62. The molecular weight excluding hydrogens is 312 g/mol. The van der Waals surface area contributed by atoms with E-state index >= 15 is 0 Å². The average Bonchev–Trinajstić information content (AvgIpc) is 2.62. The third-order valence-electron chi connectivity index (χ3n) is 4.70. The molecule has 0 spiro atoms. The van der Waals surface area contributed by atoms with E-state index in [0.717, 1.165) is 24.6 Å². The Balaban J connectivity index is 1.50. The van der Waals surface area contributed by atoms with Crippen molar-refractivity contribution in [3.63, 3.8) is 0 Å². The van der Waals surface area contributed by atoms with Crippen LogP contribution < -0.4 is 10.6 Å². The van der Waals surface area contributed by atoms with Crippen LogP contribution in [0.4, 0.5) is 16.2 Å². The fourth-order valence-corrected chi connectivity index (χ4v) is 3.11. The Hall–Kier alpha value is -2.40. The lowest BCUT2D eigenvalue weighted by atomic mass is 9.99. The van der Waals surface area contributed by atoms with Gasteiger partial charge in [-0.15, -0.1) is 0 Å². The molecule has 2 heterocycles. The van der Waals surface area contributed by atoms with Crippen LogP contribution in [0.25, 0.3) is 0 Å². The Morgan fingerprint density at radius 1 is 1.16 bits per heavy atom. The van der Waals surface area contributed by atoms with E-state index in [4.69, 9.17) is 0 Å². The van der Waals surface area contributed by atoms with Crippen LogP contribution in [-0.2, 0) is 6.42 Å². The molecule has 2 N–H and O–H groups in total. The summed E-state index contributed by atoms with van der Waals surface area (Å²) in [4.78, 5) is 18.6. The molecule has 0 bridgehead atoms. The molecule has 1 aromatic carbocycles. The molecule has 1 saturated heterocycles. The monoisotopic (exact) mass is 338 g/mol. The zero-order valence-electron chi connectivity index (χ0n) is 14.7. The second-order valence-corrected chi connectivity index (χ2v) is 6.80. The molecule has 0 atom stereocenters. The summed E-state index contributed by atoms with van der Waals surface area (Å²) in [5.41, 5.74) is 2.74. The number of urea groups is 1. The van der Waals surface area contributed by atoms with E-state index in [2.05, 4.69) is 39.6 Å². The van der Waals surface area contributed by atoms with E-state index in [0.29, 0.717) is 5.69 Å². The van der Waals surface area contributed by atoms with E-state index in [-0.39, 0.29) is 6.03 Å². The Morgan fingerprint density at radius 2 is 1.92 bits per heavy atom. The standard InChI is InChI=1S/C20H26N4O/c1-16-7-11-24(12-8-16)13-9-17-4-2-5-18(14-17)22-20(25)23-19-6-3-10-21-15-19/h2-6,10,14-16H,7-9,11-13H2,1H3,(H2,22,23,25). The van der Waals surface area contributed by atoms with E-state index in [1.54, 1.807) is 18.5 Å². The minimum atomic E-state index is -0.254. The van der Waals surface area contributed by atoms with Crippen molar-refractivity contribution in [2.75, 3.05) is 30.3 Å². The minimum absolute atomic E-state index is 0.254. The van der Waals surface area contributed by atoms with Crippen LogP contribution in [-0.4, -0.2) is 35.5 Å². The van der Waals surface area contributed by atoms with Crippen molar-refractivity contribution in [2.45, 2.75) is 26.2 Å². The van der Waals surface area contributed by atoms with Gasteiger partial charge in [0.25, 0.3) is 0 Å². The molecule has 2 aromatic rings. The highest BCUT2D eigenvalue weighted by molar-refractivity contribution is 5.99. The summed E-state index contributed by atoms with van der Waals surface area (Å²) in [6, 6.07) is 11.4. The zero-order valence-corrected chi connectivity index (χ0v) is 14.7. The summed E-state index contributed by atoms with van der Waals surface area (Å²) in [7, 11) is 0. The number of likely N-dealkylation sites (tertiary alicyclic amines) is 1. The number of aromatic nitrogens is 1. The first-order valence-electron chi connectivity index (χ1n) is 8.98. The van der Waals surface area contributed by atoms with E-state index < -0.39 is 0 Å². The van der Waals surface area contributed by atoms with Crippen molar-refractivity contribution in [3.05, 3.63) is 54.4 Å². The number of nitrogens with one attached hydrogen (secondary N) is 2. The quantitative estimate of drug-likeness (QED) is 0.866. The molecule has 0 radical (unpaired) electrons. The number of carbonyl (C=O) groups excluding carboxylic acids is 1. The molecule has 1 aliphatic rings. The first-order chi connectivity index (χ1) is 12.2. The van der Waals surface area contributed by atoms with Gasteiger partial charge in [0.2, 0.25) is 0 Å². The van der Waals surface area contributed by atoms with Gasteiger partial charge in [-0.05, 0) is 68.1 Å². The Kier molecular flexibility index (Phi) is 6.01. The van der Waals surface area contributed by atoms with Crippen LogP contribution in [0, 0.1) is 5.92 Å². The average molecular weight is 338 g/mol. The van der Waals surface area contributed by atoms with Crippen molar-refractivity contribution in [1.29, 1.82) is 0 Å². The lowest BCUT2D eigenvalue weighted by Crippen LogP contribution is -2.34. The largest absolute Gasteiger partial charge is 0.323 e. The van der Waals surface area contributed by atoms with Gasteiger partial charge in [0.15, 0.2) is 0 Å². The van der Waals surface area contributed by atoms with Gasteiger partial charge in [-0.3, -0.25) is 4.98 Å². The van der Waals surface area contributed by atoms with Crippen molar-refractivity contribution < 1.29 is 4.79 Å². The lowest BCUT2D eigenvalue weighted by Gasteiger charge is -2.30. The number of benzene rings is 1. The molecular formula is C20H26N4O. The Bertz CT molecular complexity index is 681. The van der Waals surface area contributed by atoms with Crippen LogP contribution >= 0.6 is 0 Å². The molecule has 1 aliphatic heterocycles. The number of hydrogen-bond acceptors (Lipinski definition) is 3. The van der Waals surface area contributed by atoms with Gasteiger partial charge < -0.3 is 15.5 Å². The van der Waals surface area contributed by atoms with Crippen LogP contribution in [0.15, 0.2) is 48.8 Å². The van der Waals surface area contributed by atoms with Crippen molar-refractivity contribution >= 4 is 17.4 Å². The lowest BCUT2D eigenvalue weighted by molar-refractivity contribution is 0.194. The summed E-state index contributed by atoms with van der Waals surface area (Å²) in [5, 5.41) is 5.66.